The molecule has 1 aromatic rings. The van der Waals surface area contributed by atoms with Crippen LogP contribution in [0.15, 0.2) is 58.1 Å². The van der Waals surface area contributed by atoms with Crippen LogP contribution in [-0.4, -0.2) is 54.7 Å². The zero-order valence-corrected chi connectivity index (χ0v) is 19.5. The van der Waals surface area contributed by atoms with E-state index >= 15 is 0 Å². The van der Waals surface area contributed by atoms with Gasteiger partial charge in [-0.05, 0) is 56.9 Å². The van der Waals surface area contributed by atoms with Crippen LogP contribution >= 0.6 is 0 Å². The van der Waals surface area contributed by atoms with Gasteiger partial charge in [0.2, 0.25) is 0 Å². The summed E-state index contributed by atoms with van der Waals surface area (Å²) in [5.74, 6) is -0.0558. The number of aliphatic carboxylic acids is 1. The third-order valence-electron chi connectivity index (χ3n) is 5.72. The lowest BCUT2D eigenvalue weighted by Gasteiger charge is -2.33. The maximum atomic E-state index is 14.1. The third kappa shape index (κ3) is 6.92. The molecule has 0 aromatic heterocycles. The Morgan fingerprint density at radius 1 is 1.27 bits per heavy atom. The zero-order chi connectivity index (χ0) is 23.8. The number of rotatable bonds is 6. The Morgan fingerprint density at radius 2 is 2.03 bits per heavy atom. The predicted molar refractivity (Wildman–Crippen MR) is 127 cm³/mol. The second kappa shape index (κ2) is 11.7. The molecule has 178 valence electrons. The fourth-order valence-corrected chi connectivity index (χ4v) is 3.95. The minimum Gasteiger partial charge on any atom is -0.493 e. The summed E-state index contributed by atoms with van der Waals surface area (Å²) in [5, 5.41) is 11.9. The van der Waals surface area contributed by atoms with Gasteiger partial charge in [0, 0.05) is 36.2 Å². The molecule has 8 heteroatoms. The summed E-state index contributed by atoms with van der Waals surface area (Å²) in [7, 11) is 0. The second-order valence-corrected chi connectivity index (χ2v) is 8.11. The lowest BCUT2D eigenvalue weighted by atomic mass is 10.0. The Labute approximate surface area is 194 Å². The number of piperidine rings is 1. The molecule has 2 aliphatic heterocycles. The van der Waals surface area contributed by atoms with Gasteiger partial charge in [-0.1, -0.05) is 12.1 Å². The molecule has 0 saturated carbocycles. The summed E-state index contributed by atoms with van der Waals surface area (Å²) in [6.07, 6.45) is 5.49. The number of carboxylic acid groups (broad SMARTS) is 1. The molecule has 0 bridgehead atoms. The first-order valence-corrected chi connectivity index (χ1v) is 11.2. The van der Waals surface area contributed by atoms with Crippen molar-refractivity contribution in [2.45, 2.75) is 40.0 Å². The second-order valence-electron chi connectivity index (χ2n) is 8.11. The van der Waals surface area contributed by atoms with Crippen molar-refractivity contribution in [3.8, 4) is 0 Å². The summed E-state index contributed by atoms with van der Waals surface area (Å²) >= 11 is 0. The highest BCUT2D eigenvalue weighted by atomic mass is 19.1. The smallest absolute Gasteiger partial charge is 0.307 e. The van der Waals surface area contributed by atoms with Gasteiger partial charge < -0.3 is 24.8 Å². The van der Waals surface area contributed by atoms with Gasteiger partial charge >= 0.3 is 5.97 Å². The summed E-state index contributed by atoms with van der Waals surface area (Å²) in [4.78, 5) is 17.6. The van der Waals surface area contributed by atoms with Crippen molar-refractivity contribution in [2.75, 3.05) is 38.2 Å². The van der Waals surface area contributed by atoms with Gasteiger partial charge in [0.25, 0.3) is 0 Å². The molecule has 3 rings (SSSR count). The molecule has 0 unspecified atom stereocenters. The van der Waals surface area contributed by atoms with Crippen molar-refractivity contribution < 1.29 is 23.8 Å². The molecule has 0 spiro atoms. The minimum atomic E-state index is -1.06. The minimum absolute atomic E-state index is 0.158. The number of aliphatic imine (C=N–C) groups is 1. The Bertz CT molecular complexity index is 979. The summed E-state index contributed by atoms with van der Waals surface area (Å²) in [5.41, 5.74) is 4.26. The van der Waals surface area contributed by atoms with Crippen LogP contribution in [0.1, 0.15) is 39.2 Å². The number of hydrogen-bond acceptors (Lipinski definition) is 5. The molecule has 2 saturated heterocycles. The van der Waals surface area contributed by atoms with Crippen molar-refractivity contribution in [1.29, 1.82) is 0 Å². The number of nitrogens with one attached hydrogen (secondary N) is 1. The van der Waals surface area contributed by atoms with Crippen molar-refractivity contribution >= 4 is 17.5 Å². The SMILES string of the molecule is C/C=C(\C(C)=C1/COCCO1)N1CCC(=CN=C(C)Nc2ccc(CC(=O)O)c(F)c2)CC1. The van der Waals surface area contributed by atoms with Gasteiger partial charge in [-0.25, -0.2) is 9.38 Å². The molecule has 2 N–H and O–H groups in total. The number of carbonyl (C=O) groups is 1. The quantitative estimate of drug-likeness (QED) is 0.484. The molecule has 0 amide bonds. The molecule has 0 radical (unpaired) electrons. The van der Waals surface area contributed by atoms with Crippen molar-refractivity contribution in [1.82, 2.24) is 4.90 Å². The largest absolute Gasteiger partial charge is 0.493 e. The Morgan fingerprint density at radius 3 is 2.64 bits per heavy atom. The van der Waals surface area contributed by atoms with Gasteiger partial charge in [0.15, 0.2) is 0 Å². The molecule has 0 atom stereocenters. The van der Waals surface area contributed by atoms with Gasteiger partial charge in [-0.2, -0.15) is 0 Å². The van der Waals surface area contributed by atoms with E-state index in [1.54, 1.807) is 6.07 Å². The predicted octanol–water partition coefficient (Wildman–Crippen LogP) is 4.49. The topological polar surface area (TPSA) is 83.4 Å². The molecule has 2 aliphatic rings. The summed E-state index contributed by atoms with van der Waals surface area (Å²) in [6.45, 7) is 9.50. The van der Waals surface area contributed by atoms with Crippen molar-refractivity contribution in [2.24, 2.45) is 4.99 Å². The van der Waals surface area contributed by atoms with E-state index in [-0.39, 0.29) is 12.0 Å². The van der Waals surface area contributed by atoms with E-state index in [0.29, 0.717) is 31.3 Å². The Balaban J connectivity index is 1.57. The van der Waals surface area contributed by atoms with Crippen LogP contribution in [0.4, 0.5) is 10.1 Å². The van der Waals surface area contributed by atoms with Crippen LogP contribution in [0.3, 0.4) is 0 Å². The molecular weight excluding hydrogens is 425 g/mol. The van der Waals surface area contributed by atoms with Crippen molar-refractivity contribution in [3.63, 3.8) is 0 Å². The fraction of sp³-hybridized carbons (Fsp3) is 0.440. The zero-order valence-electron chi connectivity index (χ0n) is 19.5. The molecule has 7 nitrogen and oxygen atoms in total. The summed E-state index contributed by atoms with van der Waals surface area (Å²) in [6, 6.07) is 4.43. The number of hydrogen-bond donors (Lipinski definition) is 2. The fourth-order valence-electron chi connectivity index (χ4n) is 3.95. The van der Waals surface area contributed by atoms with Crippen LogP contribution in [0.5, 0.6) is 0 Å². The van der Waals surface area contributed by atoms with Crippen LogP contribution in [0, 0.1) is 5.82 Å². The standard InChI is InChI=1S/C25H32FN3O4/c1-4-23(17(2)24-16-32-11-12-33-24)29-9-7-19(8-10-29)15-27-18(3)28-21-6-5-20(13-25(30)31)22(26)14-21/h4-6,14-15H,7-13,16H2,1-3H3,(H,27,28)(H,30,31)/b23-4+,24-17+. The maximum Gasteiger partial charge on any atom is 0.307 e. The number of benzene rings is 1. The number of anilines is 1. The first-order valence-electron chi connectivity index (χ1n) is 11.2. The average molecular weight is 458 g/mol. The van der Waals surface area contributed by atoms with Gasteiger partial charge in [-0.15, -0.1) is 0 Å². The van der Waals surface area contributed by atoms with Gasteiger partial charge in [0.05, 0.1) is 13.0 Å². The van der Waals surface area contributed by atoms with Gasteiger partial charge in [-0.3, -0.25) is 4.79 Å². The van der Waals surface area contributed by atoms with E-state index in [4.69, 9.17) is 14.6 Å². The van der Waals surface area contributed by atoms with Crippen LogP contribution in [0.2, 0.25) is 0 Å². The van der Waals surface area contributed by atoms with E-state index < -0.39 is 11.8 Å². The number of allylic oxidation sites excluding steroid dienone is 2. The Hall–Kier alpha value is -3.13. The molecule has 33 heavy (non-hydrogen) atoms. The molecule has 2 fully saturated rings. The highest BCUT2D eigenvalue weighted by Gasteiger charge is 2.20. The maximum absolute atomic E-state index is 14.1. The lowest BCUT2D eigenvalue weighted by Crippen LogP contribution is -2.31. The number of halogens is 1. The van der Waals surface area contributed by atoms with E-state index in [9.17, 15) is 9.18 Å². The normalized spacial score (nSPS) is 19.2. The first kappa shape index (κ1) is 24.5. The first-order chi connectivity index (χ1) is 15.9. The lowest BCUT2D eigenvalue weighted by molar-refractivity contribution is -0.136. The van der Waals surface area contributed by atoms with E-state index in [1.165, 1.54) is 23.4 Å². The monoisotopic (exact) mass is 457 g/mol. The molecule has 1 aromatic carbocycles. The number of nitrogens with zero attached hydrogens (tertiary/aromatic N) is 2. The van der Waals surface area contributed by atoms with E-state index in [0.717, 1.165) is 37.3 Å². The molecule has 2 heterocycles. The summed E-state index contributed by atoms with van der Waals surface area (Å²) < 4.78 is 25.4. The molecule has 0 aliphatic carbocycles. The number of ether oxygens (including phenoxy) is 2. The molecular formula is C25H32FN3O4. The number of amidine groups is 1. The third-order valence-corrected chi connectivity index (χ3v) is 5.72. The average Bonchev–Trinajstić information content (AvgIpc) is 2.81. The highest BCUT2D eigenvalue weighted by molar-refractivity contribution is 5.93. The Kier molecular flexibility index (Phi) is 8.65. The highest BCUT2D eigenvalue weighted by Crippen LogP contribution is 2.26. The number of carboxylic acids is 1. The number of likely N-dealkylation sites (tertiary alicyclic amines) is 1. The van der Waals surface area contributed by atoms with Crippen molar-refractivity contribution in [3.05, 3.63) is 64.5 Å². The van der Waals surface area contributed by atoms with Crippen LogP contribution in [-0.2, 0) is 20.7 Å². The van der Waals surface area contributed by atoms with Crippen LogP contribution < -0.4 is 5.32 Å². The van der Waals surface area contributed by atoms with Crippen LogP contribution in [0.25, 0.3) is 0 Å². The van der Waals surface area contributed by atoms with E-state index in [1.807, 2.05) is 20.0 Å². The van der Waals surface area contributed by atoms with Gasteiger partial charge in [0.1, 0.15) is 30.6 Å². The van der Waals surface area contributed by atoms with E-state index in [2.05, 4.69) is 28.2 Å².